The minimum Gasteiger partial charge on any atom is -0.548 e. The molecule has 0 unspecified atom stereocenters. The van der Waals surface area contributed by atoms with Crippen LogP contribution in [0.5, 0.6) is 0 Å². The van der Waals surface area contributed by atoms with Gasteiger partial charge in [-0.2, -0.15) is 0 Å². The predicted octanol–water partition coefficient (Wildman–Crippen LogP) is 3.50. The molecule has 0 aliphatic carbocycles. The summed E-state index contributed by atoms with van der Waals surface area (Å²) in [5.74, 6) is -1.74. The van der Waals surface area contributed by atoms with Crippen LogP contribution in [-0.4, -0.2) is 27.1 Å². The minimum absolute atomic E-state index is 0.210. The zero-order valence-electron chi connectivity index (χ0n) is 12.8. The Morgan fingerprint density at radius 3 is 2.75 bits per heavy atom. The molecule has 128 valence electrons. The molecule has 0 bridgehead atoms. The molecule has 8 heteroatoms. The Hall–Kier alpha value is -1.08. The number of hydrogen-bond acceptors (Lipinski definition) is 5. The van der Waals surface area contributed by atoms with E-state index in [9.17, 15) is 14.7 Å². The molecular weight excluding hydrogens is 389 g/mol. The lowest BCUT2D eigenvalue weighted by Crippen LogP contribution is -2.49. The van der Waals surface area contributed by atoms with Gasteiger partial charge in [-0.15, -0.1) is 0 Å². The number of unbranched alkanes of at least 4 members (excludes halogenated alkanes) is 1. The van der Waals surface area contributed by atoms with Gasteiger partial charge >= 0.3 is 0 Å². The highest BCUT2D eigenvalue weighted by Gasteiger charge is 2.37. The molecule has 4 nitrogen and oxygen atoms in total. The molecule has 1 atom stereocenters. The zero-order valence-corrected chi connectivity index (χ0v) is 15.9. The second kappa shape index (κ2) is 8.34. The molecule has 0 aromatic heterocycles. The molecule has 1 aliphatic rings. The maximum Gasteiger partial charge on any atom is 0.266 e. The number of amides is 1. The van der Waals surface area contributed by atoms with Crippen LogP contribution < -0.4 is 5.11 Å². The quantitative estimate of drug-likeness (QED) is 0.538. The van der Waals surface area contributed by atoms with Crippen LogP contribution in [0.4, 0.5) is 0 Å². The summed E-state index contributed by atoms with van der Waals surface area (Å²) >= 11 is 18.2. The van der Waals surface area contributed by atoms with Gasteiger partial charge in [-0.05, 0) is 30.2 Å². The first-order valence-electron chi connectivity index (χ1n) is 7.28. The molecule has 0 radical (unpaired) electrons. The Balaban J connectivity index is 2.30. The standard InChI is InChI=1S/C16H15Cl2NO3S2/c1-2-3-4-12(15(21)22)19-14(20)13(24-16(19)23)7-9-5-6-10(17)8-11(9)18/h5-8,12H,2-4H2,1H3,(H,21,22)/p-1/b13-7-/t12-/m0/s1. The van der Waals surface area contributed by atoms with E-state index >= 15 is 0 Å². The minimum atomic E-state index is -1.30. The number of carbonyl (C=O) groups is 2. The van der Waals surface area contributed by atoms with Gasteiger partial charge in [0.05, 0.1) is 16.9 Å². The number of thioether (sulfide) groups is 1. The molecule has 24 heavy (non-hydrogen) atoms. The van der Waals surface area contributed by atoms with Crippen LogP contribution in [0.15, 0.2) is 23.1 Å². The Morgan fingerprint density at radius 2 is 2.17 bits per heavy atom. The van der Waals surface area contributed by atoms with Crippen LogP contribution in [0.25, 0.3) is 6.08 Å². The van der Waals surface area contributed by atoms with Gasteiger partial charge in [-0.25, -0.2) is 0 Å². The number of benzene rings is 1. The van der Waals surface area contributed by atoms with Crippen LogP contribution in [0, 0.1) is 0 Å². The maximum absolute atomic E-state index is 12.6. The SMILES string of the molecule is CCCC[C@@H](C(=O)[O-])N1C(=O)/C(=C/c2ccc(Cl)cc2Cl)SC1=S. The van der Waals surface area contributed by atoms with Crippen molar-refractivity contribution in [1.29, 1.82) is 0 Å². The van der Waals surface area contributed by atoms with Gasteiger partial charge in [0.2, 0.25) is 0 Å². The van der Waals surface area contributed by atoms with Crippen molar-refractivity contribution in [2.75, 3.05) is 0 Å². The Morgan fingerprint density at radius 1 is 1.46 bits per heavy atom. The highest BCUT2D eigenvalue weighted by Crippen LogP contribution is 2.36. The lowest BCUT2D eigenvalue weighted by molar-refractivity contribution is -0.310. The summed E-state index contributed by atoms with van der Waals surface area (Å²) in [6.07, 6.45) is 3.37. The summed E-state index contributed by atoms with van der Waals surface area (Å²) in [6, 6.07) is 3.86. The van der Waals surface area contributed by atoms with E-state index in [1.807, 2.05) is 6.92 Å². The lowest BCUT2D eigenvalue weighted by Gasteiger charge is -2.27. The van der Waals surface area contributed by atoms with E-state index in [1.165, 1.54) is 0 Å². The normalized spacial score (nSPS) is 17.6. The molecule has 1 heterocycles. The third-order valence-electron chi connectivity index (χ3n) is 3.49. The second-order valence-electron chi connectivity index (χ2n) is 5.19. The molecule has 1 aromatic carbocycles. The van der Waals surface area contributed by atoms with Crippen LogP contribution >= 0.6 is 47.2 Å². The average molecular weight is 403 g/mol. The number of carbonyl (C=O) groups excluding carboxylic acids is 2. The lowest BCUT2D eigenvalue weighted by atomic mass is 10.1. The van der Waals surface area contributed by atoms with Gasteiger partial charge in [-0.3, -0.25) is 9.69 Å². The summed E-state index contributed by atoms with van der Waals surface area (Å²) in [5, 5.41) is 12.3. The third kappa shape index (κ3) is 4.30. The van der Waals surface area contributed by atoms with Crippen LogP contribution in [0.1, 0.15) is 31.7 Å². The number of thiocarbonyl (C=S) groups is 1. The second-order valence-corrected chi connectivity index (χ2v) is 7.71. The molecule has 0 spiro atoms. The summed E-state index contributed by atoms with van der Waals surface area (Å²) in [7, 11) is 0. The van der Waals surface area contributed by atoms with E-state index < -0.39 is 17.9 Å². The monoisotopic (exact) mass is 402 g/mol. The smallest absolute Gasteiger partial charge is 0.266 e. The van der Waals surface area contributed by atoms with E-state index in [0.717, 1.165) is 23.1 Å². The fourth-order valence-electron chi connectivity index (χ4n) is 2.26. The van der Waals surface area contributed by atoms with Crippen molar-refractivity contribution >= 4 is 69.5 Å². The topological polar surface area (TPSA) is 60.4 Å². The van der Waals surface area contributed by atoms with Crippen molar-refractivity contribution in [3.63, 3.8) is 0 Å². The Kier molecular flexibility index (Phi) is 6.69. The maximum atomic E-state index is 12.6. The fraction of sp³-hybridized carbons (Fsp3) is 0.312. The third-order valence-corrected chi connectivity index (χ3v) is 5.38. The zero-order chi connectivity index (χ0) is 17.9. The molecule has 2 rings (SSSR count). The van der Waals surface area contributed by atoms with Gasteiger partial charge in [0.15, 0.2) is 0 Å². The molecule has 1 fully saturated rings. The Labute approximate surface area is 159 Å². The molecule has 1 aromatic rings. The molecule has 0 saturated carbocycles. The van der Waals surface area contributed by atoms with Crippen LogP contribution in [0.3, 0.4) is 0 Å². The number of hydrogen-bond donors (Lipinski definition) is 0. The van der Waals surface area contributed by atoms with E-state index in [1.54, 1.807) is 24.3 Å². The van der Waals surface area contributed by atoms with E-state index in [4.69, 9.17) is 35.4 Å². The number of carboxylic acid groups (broad SMARTS) is 1. The number of rotatable bonds is 6. The first-order chi connectivity index (χ1) is 11.3. The summed E-state index contributed by atoms with van der Waals surface area (Å²) in [4.78, 5) is 25.5. The van der Waals surface area contributed by atoms with Crippen molar-refractivity contribution in [3.8, 4) is 0 Å². The largest absolute Gasteiger partial charge is 0.548 e. The summed E-state index contributed by atoms with van der Waals surface area (Å²) in [6.45, 7) is 1.94. The summed E-state index contributed by atoms with van der Waals surface area (Å²) < 4.78 is 0.210. The van der Waals surface area contributed by atoms with Gasteiger partial charge in [0.1, 0.15) is 4.32 Å². The van der Waals surface area contributed by atoms with Gasteiger partial charge in [0, 0.05) is 10.0 Å². The fourth-order valence-corrected chi connectivity index (χ4v) is 4.07. The van der Waals surface area contributed by atoms with Crippen LogP contribution in [-0.2, 0) is 9.59 Å². The molecule has 0 N–H and O–H groups in total. The van der Waals surface area contributed by atoms with Crippen molar-refractivity contribution in [3.05, 3.63) is 38.7 Å². The van der Waals surface area contributed by atoms with Gasteiger partial charge in [-0.1, -0.05) is 73.0 Å². The van der Waals surface area contributed by atoms with Gasteiger partial charge < -0.3 is 9.90 Å². The number of nitrogens with zero attached hydrogens (tertiary/aromatic N) is 1. The number of carboxylic acids is 1. The molecular formula is C16H14Cl2NO3S2-. The van der Waals surface area contributed by atoms with Crippen molar-refractivity contribution < 1.29 is 14.7 Å². The number of aliphatic carboxylic acids is 1. The first-order valence-corrected chi connectivity index (χ1v) is 9.26. The highest BCUT2D eigenvalue weighted by molar-refractivity contribution is 8.26. The van der Waals surface area contributed by atoms with Crippen molar-refractivity contribution in [1.82, 2.24) is 4.90 Å². The molecule has 1 amide bonds. The van der Waals surface area contributed by atoms with Crippen LogP contribution in [0.2, 0.25) is 10.0 Å². The molecule has 1 saturated heterocycles. The summed E-state index contributed by atoms with van der Waals surface area (Å²) in [5.41, 5.74) is 0.611. The first kappa shape index (κ1) is 19.2. The van der Waals surface area contributed by atoms with E-state index in [0.29, 0.717) is 33.4 Å². The van der Waals surface area contributed by atoms with Crippen molar-refractivity contribution in [2.24, 2.45) is 0 Å². The van der Waals surface area contributed by atoms with Crippen molar-refractivity contribution in [2.45, 2.75) is 32.2 Å². The Bertz CT molecular complexity index is 721. The average Bonchev–Trinajstić information content (AvgIpc) is 2.78. The van der Waals surface area contributed by atoms with Gasteiger partial charge in [0.25, 0.3) is 5.91 Å². The van der Waals surface area contributed by atoms with E-state index in [2.05, 4.69) is 0 Å². The predicted molar refractivity (Wildman–Crippen MR) is 99.8 cm³/mol. The number of halogens is 2. The highest BCUT2D eigenvalue weighted by atomic mass is 35.5. The molecule has 1 aliphatic heterocycles. The van der Waals surface area contributed by atoms with E-state index in [-0.39, 0.29) is 4.32 Å².